The molecule has 0 amide bonds. The zero-order valence-electron chi connectivity index (χ0n) is 18.5. The molecule has 2 heterocycles. The van der Waals surface area contributed by atoms with Crippen LogP contribution in [-0.4, -0.2) is 39.1 Å². The second-order valence-electron chi connectivity index (χ2n) is 8.27. The van der Waals surface area contributed by atoms with Gasteiger partial charge in [0.05, 0.1) is 39.6 Å². The molecule has 0 aromatic heterocycles. The molecule has 0 saturated carbocycles. The van der Waals surface area contributed by atoms with Crippen molar-refractivity contribution in [3.8, 4) is 23.0 Å². The SMILES string of the molecule is COc1cc([C@H]2OC[C@@H]3[C@@H]2CO[C@H]3c2ccc(OCC=C(C)C)c(OC)c2)ccc1O. The molecule has 2 saturated heterocycles. The summed E-state index contributed by atoms with van der Waals surface area (Å²) >= 11 is 0. The van der Waals surface area contributed by atoms with Crippen molar-refractivity contribution in [2.45, 2.75) is 26.1 Å². The van der Waals surface area contributed by atoms with Crippen molar-refractivity contribution in [2.75, 3.05) is 34.0 Å². The van der Waals surface area contributed by atoms with Gasteiger partial charge >= 0.3 is 0 Å². The summed E-state index contributed by atoms with van der Waals surface area (Å²) in [4.78, 5) is 0. The molecule has 6 nitrogen and oxygen atoms in total. The van der Waals surface area contributed by atoms with E-state index in [9.17, 15) is 5.11 Å². The highest BCUT2D eigenvalue weighted by Gasteiger charge is 2.48. The van der Waals surface area contributed by atoms with Gasteiger partial charge in [0, 0.05) is 11.8 Å². The van der Waals surface area contributed by atoms with Gasteiger partial charge in [-0.1, -0.05) is 17.7 Å². The van der Waals surface area contributed by atoms with Crippen molar-refractivity contribution in [2.24, 2.45) is 11.8 Å². The number of allylic oxidation sites excluding steroid dienone is 1. The lowest BCUT2D eigenvalue weighted by Crippen LogP contribution is -2.14. The van der Waals surface area contributed by atoms with Gasteiger partial charge in [0.15, 0.2) is 23.0 Å². The summed E-state index contributed by atoms with van der Waals surface area (Å²) in [5, 5.41) is 9.89. The van der Waals surface area contributed by atoms with E-state index in [0.717, 1.165) is 16.9 Å². The first-order valence-electron chi connectivity index (χ1n) is 10.6. The van der Waals surface area contributed by atoms with Gasteiger partial charge < -0.3 is 28.8 Å². The van der Waals surface area contributed by atoms with Gasteiger partial charge in [0.1, 0.15) is 6.61 Å². The monoisotopic (exact) mass is 426 g/mol. The molecule has 0 unspecified atom stereocenters. The summed E-state index contributed by atoms with van der Waals surface area (Å²) in [6, 6.07) is 11.4. The van der Waals surface area contributed by atoms with Crippen molar-refractivity contribution in [3.05, 3.63) is 59.2 Å². The molecule has 0 aliphatic carbocycles. The van der Waals surface area contributed by atoms with Gasteiger partial charge in [-0.15, -0.1) is 0 Å². The lowest BCUT2D eigenvalue weighted by atomic mass is 9.85. The maximum absolute atomic E-state index is 9.89. The molecule has 0 radical (unpaired) electrons. The highest BCUT2D eigenvalue weighted by atomic mass is 16.5. The molecule has 31 heavy (non-hydrogen) atoms. The fourth-order valence-corrected chi connectivity index (χ4v) is 4.38. The molecule has 0 spiro atoms. The van der Waals surface area contributed by atoms with Crippen molar-refractivity contribution >= 4 is 0 Å². The Kier molecular flexibility index (Phi) is 6.39. The molecule has 0 bridgehead atoms. The predicted octanol–water partition coefficient (Wildman–Crippen LogP) is 4.83. The van der Waals surface area contributed by atoms with Crippen molar-refractivity contribution in [3.63, 3.8) is 0 Å². The number of rotatable bonds is 7. The van der Waals surface area contributed by atoms with E-state index in [2.05, 4.69) is 0 Å². The van der Waals surface area contributed by atoms with E-state index in [1.54, 1.807) is 20.3 Å². The zero-order chi connectivity index (χ0) is 22.0. The third-order valence-corrected chi connectivity index (χ3v) is 6.04. The largest absolute Gasteiger partial charge is 0.504 e. The average Bonchev–Trinajstić information content (AvgIpc) is 3.36. The van der Waals surface area contributed by atoms with Crippen molar-refractivity contribution in [1.82, 2.24) is 0 Å². The van der Waals surface area contributed by atoms with Crippen LogP contribution in [0.15, 0.2) is 48.0 Å². The zero-order valence-corrected chi connectivity index (χ0v) is 18.5. The van der Waals surface area contributed by atoms with E-state index in [0.29, 0.717) is 31.3 Å². The Bertz CT molecular complexity index is 949. The van der Waals surface area contributed by atoms with E-state index in [4.69, 9.17) is 23.7 Å². The number of ether oxygens (including phenoxy) is 5. The number of fused-ring (bicyclic) bond motifs is 1. The predicted molar refractivity (Wildman–Crippen MR) is 117 cm³/mol. The summed E-state index contributed by atoms with van der Waals surface area (Å²) in [5.41, 5.74) is 3.27. The number of aromatic hydroxyl groups is 1. The first kappa shape index (κ1) is 21.5. The lowest BCUT2D eigenvalue weighted by molar-refractivity contribution is 0.0191. The Morgan fingerprint density at radius 1 is 0.903 bits per heavy atom. The maximum Gasteiger partial charge on any atom is 0.161 e. The summed E-state index contributed by atoms with van der Waals surface area (Å²) in [5.74, 6) is 2.47. The normalized spacial score (nSPS) is 24.5. The van der Waals surface area contributed by atoms with Crippen LogP contribution in [0.3, 0.4) is 0 Å². The third kappa shape index (κ3) is 4.36. The van der Waals surface area contributed by atoms with Gasteiger partial charge in [-0.05, 0) is 55.3 Å². The molecule has 2 aromatic rings. The van der Waals surface area contributed by atoms with Crippen LogP contribution in [0.2, 0.25) is 0 Å². The minimum atomic E-state index is -0.0851. The molecule has 6 heteroatoms. The smallest absolute Gasteiger partial charge is 0.161 e. The van der Waals surface area contributed by atoms with E-state index in [1.165, 1.54) is 5.57 Å². The van der Waals surface area contributed by atoms with E-state index in [1.807, 2.05) is 50.3 Å². The number of methoxy groups -OCH3 is 2. The van der Waals surface area contributed by atoms with E-state index in [-0.39, 0.29) is 29.8 Å². The van der Waals surface area contributed by atoms with E-state index < -0.39 is 0 Å². The van der Waals surface area contributed by atoms with Crippen LogP contribution in [0.1, 0.15) is 37.2 Å². The molecule has 2 aliphatic heterocycles. The van der Waals surface area contributed by atoms with E-state index >= 15 is 0 Å². The third-order valence-electron chi connectivity index (χ3n) is 6.04. The molecule has 2 aromatic carbocycles. The molecule has 166 valence electrons. The Balaban J connectivity index is 1.51. The summed E-state index contributed by atoms with van der Waals surface area (Å²) < 4.78 is 29.1. The maximum atomic E-state index is 9.89. The quantitative estimate of drug-likeness (QED) is 0.640. The molecular weight excluding hydrogens is 396 g/mol. The fraction of sp³-hybridized carbons (Fsp3) is 0.440. The Morgan fingerprint density at radius 3 is 2.06 bits per heavy atom. The van der Waals surface area contributed by atoms with Gasteiger partial charge in [0.25, 0.3) is 0 Å². The Morgan fingerprint density at radius 2 is 1.48 bits per heavy atom. The van der Waals surface area contributed by atoms with Crippen LogP contribution in [-0.2, 0) is 9.47 Å². The lowest BCUT2D eigenvalue weighted by Gasteiger charge is -2.19. The van der Waals surface area contributed by atoms with Gasteiger partial charge in [-0.25, -0.2) is 0 Å². The molecule has 1 N–H and O–H groups in total. The Hall–Kier alpha value is -2.70. The van der Waals surface area contributed by atoms with Crippen molar-refractivity contribution in [1.29, 1.82) is 0 Å². The minimum absolute atomic E-state index is 0.0604. The summed E-state index contributed by atoms with van der Waals surface area (Å²) in [7, 11) is 3.20. The summed E-state index contributed by atoms with van der Waals surface area (Å²) in [6.45, 7) is 5.83. The number of hydrogen-bond acceptors (Lipinski definition) is 6. The van der Waals surface area contributed by atoms with Gasteiger partial charge in [0.2, 0.25) is 0 Å². The number of phenolic OH excluding ortho intramolecular Hbond substituents is 1. The highest BCUT2D eigenvalue weighted by molar-refractivity contribution is 5.45. The second-order valence-corrected chi connectivity index (χ2v) is 8.27. The van der Waals surface area contributed by atoms with Gasteiger partial charge in [-0.2, -0.15) is 0 Å². The molecule has 4 rings (SSSR count). The standard InChI is InChI=1S/C25H30O6/c1-15(2)9-10-29-21-8-6-17(12-23(21)28-4)25-19-14-30-24(18(19)13-31-25)16-5-7-20(26)22(11-16)27-3/h5-9,11-12,18-19,24-26H,10,13-14H2,1-4H3/t18-,19+,24+,25-/m0/s1. The van der Waals surface area contributed by atoms with Crippen LogP contribution < -0.4 is 14.2 Å². The average molecular weight is 427 g/mol. The molecule has 2 aliphatic rings. The highest BCUT2D eigenvalue weighted by Crippen LogP contribution is 2.51. The van der Waals surface area contributed by atoms with Crippen molar-refractivity contribution < 1.29 is 28.8 Å². The second kappa shape index (κ2) is 9.20. The molecule has 4 atom stereocenters. The topological polar surface area (TPSA) is 66.4 Å². The summed E-state index contributed by atoms with van der Waals surface area (Å²) in [6.07, 6.45) is 1.89. The van der Waals surface area contributed by atoms with Crippen LogP contribution >= 0.6 is 0 Å². The molecule has 2 fully saturated rings. The van der Waals surface area contributed by atoms with Crippen LogP contribution in [0.25, 0.3) is 0 Å². The molecular formula is C25H30O6. The van der Waals surface area contributed by atoms with Crippen LogP contribution in [0.4, 0.5) is 0 Å². The first-order valence-corrected chi connectivity index (χ1v) is 10.6. The fourth-order valence-electron chi connectivity index (χ4n) is 4.38. The first-order chi connectivity index (χ1) is 15.0. The van der Waals surface area contributed by atoms with Crippen LogP contribution in [0, 0.1) is 11.8 Å². The number of benzene rings is 2. The van der Waals surface area contributed by atoms with Gasteiger partial charge in [-0.3, -0.25) is 0 Å². The number of hydrogen-bond donors (Lipinski definition) is 1. The number of phenols is 1. The van der Waals surface area contributed by atoms with Crippen LogP contribution in [0.5, 0.6) is 23.0 Å². The Labute approximate surface area is 183 Å². The minimum Gasteiger partial charge on any atom is -0.504 e.